The Balaban J connectivity index is 1.95. The van der Waals surface area contributed by atoms with E-state index in [1.807, 2.05) is 6.92 Å². The summed E-state index contributed by atoms with van der Waals surface area (Å²) in [6.07, 6.45) is 1.15. The Hall–Kier alpha value is -1.06. The van der Waals surface area contributed by atoms with Crippen molar-refractivity contribution in [3.63, 3.8) is 0 Å². The van der Waals surface area contributed by atoms with Gasteiger partial charge in [-0.25, -0.2) is 0 Å². The van der Waals surface area contributed by atoms with Gasteiger partial charge in [-0.2, -0.15) is 0 Å². The number of ether oxygens (including phenoxy) is 1. The van der Waals surface area contributed by atoms with E-state index in [-0.39, 0.29) is 0 Å². The van der Waals surface area contributed by atoms with Crippen molar-refractivity contribution >= 4 is 5.69 Å². The van der Waals surface area contributed by atoms with Crippen molar-refractivity contribution in [2.24, 2.45) is 5.92 Å². The molecule has 0 bridgehead atoms. The molecule has 1 aromatic rings. The molecule has 0 saturated heterocycles. The lowest BCUT2D eigenvalue weighted by molar-refractivity contribution is 0.108. The second-order valence-electron chi connectivity index (χ2n) is 5.52. The van der Waals surface area contributed by atoms with E-state index in [0.29, 0.717) is 12.0 Å². The van der Waals surface area contributed by atoms with Crippen LogP contribution in [0.2, 0.25) is 0 Å². The van der Waals surface area contributed by atoms with Crippen molar-refractivity contribution in [3.8, 4) is 0 Å². The summed E-state index contributed by atoms with van der Waals surface area (Å²) in [7, 11) is 0. The second-order valence-corrected chi connectivity index (χ2v) is 5.52. The fourth-order valence-electron chi connectivity index (χ4n) is 2.53. The van der Waals surface area contributed by atoms with Gasteiger partial charge in [0.05, 0.1) is 6.61 Å². The van der Waals surface area contributed by atoms with Crippen LogP contribution in [0.5, 0.6) is 0 Å². The molecule has 1 aliphatic rings. The first-order valence-corrected chi connectivity index (χ1v) is 7.38. The molecule has 3 heteroatoms. The Morgan fingerprint density at radius 3 is 2.95 bits per heavy atom. The second kappa shape index (κ2) is 6.92. The first kappa shape index (κ1) is 14.4. The minimum atomic E-state index is 0.414. The number of hydrogen-bond acceptors (Lipinski definition) is 3. The average Bonchev–Trinajstić information content (AvgIpc) is 2.87. The van der Waals surface area contributed by atoms with Gasteiger partial charge in [0.25, 0.3) is 0 Å². The van der Waals surface area contributed by atoms with Crippen LogP contribution in [0.15, 0.2) is 18.2 Å². The summed E-state index contributed by atoms with van der Waals surface area (Å²) in [6, 6.07) is 7.01. The van der Waals surface area contributed by atoms with Gasteiger partial charge in [0.2, 0.25) is 0 Å². The minimum absolute atomic E-state index is 0.414. The maximum absolute atomic E-state index is 5.56. The molecule has 3 nitrogen and oxygen atoms in total. The molecule has 0 spiro atoms. The lowest BCUT2D eigenvalue weighted by Crippen LogP contribution is -2.37. The Kier molecular flexibility index (Phi) is 5.23. The molecule has 0 amide bonds. The van der Waals surface area contributed by atoms with Crippen molar-refractivity contribution in [2.75, 3.05) is 25.1 Å². The van der Waals surface area contributed by atoms with Gasteiger partial charge < -0.3 is 15.4 Å². The highest BCUT2D eigenvalue weighted by Gasteiger charge is 2.16. The molecule has 1 aliphatic heterocycles. The quantitative estimate of drug-likeness (QED) is 0.793. The van der Waals surface area contributed by atoms with Gasteiger partial charge in [0, 0.05) is 31.4 Å². The molecule has 106 valence electrons. The first-order valence-electron chi connectivity index (χ1n) is 7.38. The zero-order valence-electron chi connectivity index (χ0n) is 12.3. The number of benzene rings is 1. The molecule has 19 heavy (non-hydrogen) atoms. The predicted octanol–water partition coefficient (Wildman–Crippen LogP) is 2.81. The van der Waals surface area contributed by atoms with E-state index in [2.05, 4.69) is 42.7 Å². The van der Waals surface area contributed by atoms with E-state index in [1.165, 1.54) is 16.8 Å². The first-order chi connectivity index (χ1) is 9.22. The SMILES string of the molecule is CCOCC(NCc1cccc2c1NCC2)C(C)C. The van der Waals surface area contributed by atoms with Crippen LogP contribution >= 0.6 is 0 Å². The minimum Gasteiger partial charge on any atom is -0.384 e. The van der Waals surface area contributed by atoms with Gasteiger partial charge >= 0.3 is 0 Å². The fourth-order valence-corrected chi connectivity index (χ4v) is 2.53. The zero-order chi connectivity index (χ0) is 13.7. The van der Waals surface area contributed by atoms with Crippen LogP contribution in [0.1, 0.15) is 31.9 Å². The molecule has 1 unspecified atom stereocenters. The Bertz CT molecular complexity index is 404. The highest BCUT2D eigenvalue weighted by Crippen LogP contribution is 2.26. The van der Waals surface area contributed by atoms with Gasteiger partial charge in [0.1, 0.15) is 0 Å². The normalized spacial score (nSPS) is 15.4. The maximum atomic E-state index is 5.56. The van der Waals surface area contributed by atoms with Crippen LogP contribution in [-0.2, 0) is 17.7 Å². The Morgan fingerprint density at radius 1 is 1.37 bits per heavy atom. The highest BCUT2D eigenvalue weighted by atomic mass is 16.5. The summed E-state index contributed by atoms with van der Waals surface area (Å²) >= 11 is 0. The topological polar surface area (TPSA) is 33.3 Å². The van der Waals surface area contributed by atoms with Gasteiger partial charge in [-0.05, 0) is 30.4 Å². The number of rotatable bonds is 7. The van der Waals surface area contributed by atoms with Crippen LogP contribution in [0.3, 0.4) is 0 Å². The molecule has 0 radical (unpaired) electrons. The summed E-state index contributed by atoms with van der Waals surface area (Å²) in [5, 5.41) is 7.13. The summed E-state index contributed by atoms with van der Waals surface area (Å²) in [5.74, 6) is 0.580. The standard InChI is InChI=1S/C16H26N2O/c1-4-19-11-15(12(2)3)18-10-14-7-5-6-13-8-9-17-16(13)14/h5-7,12,15,17-18H,4,8-11H2,1-3H3. The van der Waals surface area contributed by atoms with Crippen molar-refractivity contribution in [2.45, 2.75) is 39.8 Å². The van der Waals surface area contributed by atoms with Crippen LogP contribution in [0.4, 0.5) is 5.69 Å². The number of nitrogens with one attached hydrogen (secondary N) is 2. The molecule has 0 aliphatic carbocycles. The number of hydrogen-bond donors (Lipinski definition) is 2. The Labute approximate surface area is 116 Å². The van der Waals surface area contributed by atoms with Crippen molar-refractivity contribution in [1.29, 1.82) is 0 Å². The molecule has 2 N–H and O–H groups in total. The summed E-state index contributed by atoms with van der Waals surface area (Å²) in [6.45, 7) is 10.1. The van der Waals surface area contributed by atoms with Crippen LogP contribution in [-0.4, -0.2) is 25.8 Å². The number of anilines is 1. The lowest BCUT2D eigenvalue weighted by atomic mass is 10.0. The predicted molar refractivity (Wildman–Crippen MR) is 80.6 cm³/mol. The molecule has 1 heterocycles. The molecule has 0 aromatic heterocycles. The number of para-hydroxylation sites is 1. The van der Waals surface area contributed by atoms with Gasteiger partial charge in [-0.1, -0.05) is 32.0 Å². The zero-order valence-corrected chi connectivity index (χ0v) is 12.3. The van der Waals surface area contributed by atoms with E-state index < -0.39 is 0 Å². The molecule has 1 atom stereocenters. The lowest BCUT2D eigenvalue weighted by Gasteiger charge is -2.23. The van der Waals surface area contributed by atoms with E-state index in [1.54, 1.807) is 0 Å². The summed E-state index contributed by atoms with van der Waals surface area (Å²) in [4.78, 5) is 0. The third-order valence-electron chi connectivity index (χ3n) is 3.79. The van der Waals surface area contributed by atoms with Crippen LogP contribution in [0.25, 0.3) is 0 Å². The van der Waals surface area contributed by atoms with Crippen LogP contribution in [0, 0.1) is 5.92 Å². The summed E-state index contributed by atoms with van der Waals surface area (Å²) < 4.78 is 5.56. The van der Waals surface area contributed by atoms with Gasteiger partial charge in [-0.15, -0.1) is 0 Å². The van der Waals surface area contributed by atoms with Gasteiger partial charge in [0.15, 0.2) is 0 Å². The van der Waals surface area contributed by atoms with Crippen molar-refractivity contribution in [1.82, 2.24) is 5.32 Å². The molecule has 0 fully saturated rings. The molecule has 0 saturated carbocycles. The molecular formula is C16H26N2O. The molecule has 2 rings (SSSR count). The highest BCUT2D eigenvalue weighted by molar-refractivity contribution is 5.61. The van der Waals surface area contributed by atoms with E-state index in [0.717, 1.165) is 32.7 Å². The number of fused-ring (bicyclic) bond motifs is 1. The third kappa shape index (κ3) is 3.71. The largest absolute Gasteiger partial charge is 0.384 e. The maximum Gasteiger partial charge on any atom is 0.0622 e. The smallest absolute Gasteiger partial charge is 0.0622 e. The summed E-state index contributed by atoms with van der Waals surface area (Å²) in [5.41, 5.74) is 4.16. The van der Waals surface area contributed by atoms with Crippen LogP contribution < -0.4 is 10.6 Å². The van der Waals surface area contributed by atoms with E-state index in [9.17, 15) is 0 Å². The Morgan fingerprint density at radius 2 is 2.21 bits per heavy atom. The average molecular weight is 262 g/mol. The van der Waals surface area contributed by atoms with E-state index in [4.69, 9.17) is 4.74 Å². The van der Waals surface area contributed by atoms with Crippen molar-refractivity contribution in [3.05, 3.63) is 29.3 Å². The van der Waals surface area contributed by atoms with Gasteiger partial charge in [-0.3, -0.25) is 0 Å². The van der Waals surface area contributed by atoms with E-state index >= 15 is 0 Å². The molecular weight excluding hydrogens is 236 g/mol. The fraction of sp³-hybridized carbons (Fsp3) is 0.625. The third-order valence-corrected chi connectivity index (χ3v) is 3.79. The molecule has 1 aromatic carbocycles. The monoisotopic (exact) mass is 262 g/mol. The van der Waals surface area contributed by atoms with Crippen molar-refractivity contribution < 1.29 is 4.74 Å².